The molecule has 0 aliphatic carbocycles. The average Bonchev–Trinajstić information content (AvgIpc) is 2.79. The highest BCUT2D eigenvalue weighted by atomic mass is 32.1. The van der Waals surface area contributed by atoms with Crippen LogP contribution in [0.1, 0.15) is 51.9 Å². The number of likely N-dealkylation sites (tertiary alicyclic amines) is 1. The fraction of sp³-hybridized carbons (Fsp3) is 0.929. The highest BCUT2D eigenvalue weighted by Crippen LogP contribution is 2.19. The highest BCUT2D eigenvalue weighted by molar-refractivity contribution is 7.80. The van der Waals surface area contributed by atoms with E-state index in [1.165, 1.54) is 44.9 Å². The molecule has 0 aromatic rings. The normalized spacial score (nSPS) is 29.1. The van der Waals surface area contributed by atoms with Crippen molar-refractivity contribution in [3.8, 4) is 0 Å². The number of hydrogen-bond acceptors (Lipinski definition) is 2. The quantitative estimate of drug-likeness (QED) is 0.797. The molecule has 0 amide bonds. The maximum atomic E-state index is 5.63. The molecule has 3 nitrogen and oxygen atoms in total. The molecule has 2 fully saturated rings. The monoisotopic (exact) mass is 270 g/mol. The number of nitrogens with zero attached hydrogens (tertiary/aromatic N) is 1. The summed E-state index contributed by atoms with van der Waals surface area (Å²) in [5.41, 5.74) is 0. The summed E-state index contributed by atoms with van der Waals surface area (Å²) in [6, 6.07) is 0.636. The Kier molecular flexibility index (Phi) is 5.70. The lowest BCUT2D eigenvalue weighted by molar-refractivity contribution is 0.113. The van der Waals surface area contributed by atoms with E-state index in [0.717, 1.165) is 24.8 Å². The van der Waals surface area contributed by atoms with Crippen molar-refractivity contribution in [2.24, 2.45) is 0 Å². The molecule has 18 heavy (non-hydrogen) atoms. The summed E-state index contributed by atoms with van der Waals surface area (Å²) in [6.07, 6.45) is 9.20. The standard InChI is InChI=1S/C14H26N2OS/c1-2-12-7-4-3-5-9-16(12)14(18)15-11-13-8-6-10-17-13/h12-13H,2-11H2,1H3,(H,15,18). The number of hydrogen-bond donors (Lipinski definition) is 1. The first kappa shape index (κ1) is 14.1. The minimum absolute atomic E-state index is 0.370. The van der Waals surface area contributed by atoms with E-state index in [1.54, 1.807) is 0 Å². The summed E-state index contributed by atoms with van der Waals surface area (Å²) in [6.45, 7) is 5.19. The molecule has 2 aliphatic rings. The topological polar surface area (TPSA) is 24.5 Å². The Hall–Kier alpha value is -0.350. The molecular formula is C14H26N2OS. The van der Waals surface area contributed by atoms with Crippen LogP contribution in [0.3, 0.4) is 0 Å². The second-order valence-electron chi connectivity index (χ2n) is 5.43. The molecule has 2 unspecified atom stereocenters. The zero-order valence-corrected chi connectivity index (χ0v) is 12.3. The Morgan fingerprint density at radius 3 is 2.89 bits per heavy atom. The lowest BCUT2D eigenvalue weighted by Crippen LogP contribution is -2.47. The first-order valence-electron chi connectivity index (χ1n) is 7.47. The Morgan fingerprint density at radius 1 is 1.28 bits per heavy atom. The Labute approximate surface area is 116 Å². The van der Waals surface area contributed by atoms with Crippen LogP contribution in [0.25, 0.3) is 0 Å². The van der Waals surface area contributed by atoms with Crippen LogP contribution in [0.15, 0.2) is 0 Å². The fourth-order valence-corrected chi connectivity index (χ4v) is 3.30. The zero-order valence-electron chi connectivity index (χ0n) is 11.5. The number of nitrogens with one attached hydrogen (secondary N) is 1. The van der Waals surface area contributed by atoms with Crippen LogP contribution in [0, 0.1) is 0 Å². The molecule has 2 atom stereocenters. The van der Waals surface area contributed by atoms with Gasteiger partial charge in [0.25, 0.3) is 0 Å². The van der Waals surface area contributed by atoms with Gasteiger partial charge in [-0.1, -0.05) is 19.8 Å². The van der Waals surface area contributed by atoms with Crippen LogP contribution in [0.5, 0.6) is 0 Å². The van der Waals surface area contributed by atoms with Crippen LogP contribution < -0.4 is 5.32 Å². The van der Waals surface area contributed by atoms with E-state index < -0.39 is 0 Å². The minimum atomic E-state index is 0.370. The SMILES string of the molecule is CCC1CCCCCN1C(=S)NCC1CCCO1. The summed E-state index contributed by atoms with van der Waals surface area (Å²) in [4.78, 5) is 2.41. The van der Waals surface area contributed by atoms with E-state index in [2.05, 4.69) is 17.1 Å². The summed E-state index contributed by atoms with van der Waals surface area (Å²) in [5.74, 6) is 0. The molecule has 2 saturated heterocycles. The van der Waals surface area contributed by atoms with Crippen molar-refractivity contribution in [3.63, 3.8) is 0 Å². The highest BCUT2D eigenvalue weighted by Gasteiger charge is 2.22. The smallest absolute Gasteiger partial charge is 0.169 e. The lowest BCUT2D eigenvalue weighted by Gasteiger charge is -2.32. The predicted molar refractivity (Wildman–Crippen MR) is 78.8 cm³/mol. The van der Waals surface area contributed by atoms with Gasteiger partial charge in [0.2, 0.25) is 0 Å². The van der Waals surface area contributed by atoms with Crippen molar-refractivity contribution < 1.29 is 4.74 Å². The van der Waals surface area contributed by atoms with Crippen molar-refractivity contribution in [3.05, 3.63) is 0 Å². The third kappa shape index (κ3) is 3.82. The molecule has 0 radical (unpaired) electrons. The van der Waals surface area contributed by atoms with Gasteiger partial charge in [-0.2, -0.15) is 0 Å². The minimum Gasteiger partial charge on any atom is -0.376 e. The van der Waals surface area contributed by atoms with Gasteiger partial charge in [0.1, 0.15) is 0 Å². The van der Waals surface area contributed by atoms with Gasteiger partial charge >= 0.3 is 0 Å². The number of ether oxygens (including phenoxy) is 1. The Bertz CT molecular complexity index is 267. The van der Waals surface area contributed by atoms with Crippen LogP contribution in [0.4, 0.5) is 0 Å². The van der Waals surface area contributed by atoms with Gasteiger partial charge in [-0.25, -0.2) is 0 Å². The van der Waals surface area contributed by atoms with E-state index >= 15 is 0 Å². The van der Waals surface area contributed by atoms with Crippen LogP contribution >= 0.6 is 12.2 Å². The second kappa shape index (κ2) is 7.29. The summed E-state index contributed by atoms with van der Waals surface area (Å²) < 4.78 is 5.63. The molecule has 0 saturated carbocycles. The van der Waals surface area contributed by atoms with Gasteiger partial charge in [0.15, 0.2) is 5.11 Å². The molecular weight excluding hydrogens is 244 g/mol. The molecule has 0 aromatic heterocycles. The van der Waals surface area contributed by atoms with Crippen molar-refractivity contribution in [1.82, 2.24) is 10.2 Å². The molecule has 2 heterocycles. The molecule has 4 heteroatoms. The molecule has 0 bridgehead atoms. The summed E-state index contributed by atoms with van der Waals surface area (Å²) in [7, 11) is 0. The van der Waals surface area contributed by atoms with Gasteiger partial charge in [0.05, 0.1) is 6.10 Å². The van der Waals surface area contributed by atoms with Crippen molar-refractivity contribution >= 4 is 17.3 Å². The largest absolute Gasteiger partial charge is 0.376 e. The van der Waals surface area contributed by atoms with E-state index in [-0.39, 0.29) is 0 Å². The maximum absolute atomic E-state index is 5.63. The zero-order chi connectivity index (χ0) is 12.8. The number of thiocarbonyl (C=S) groups is 1. The van der Waals surface area contributed by atoms with Crippen molar-refractivity contribution in [2.75, 3.05) is 19.7 Å². The van der Waals surface area contributed by atoms with Gasteiger partial charge in [-0.05, 0) is 44.3 Å². The van der Waals surface area contributed by atoms with Crippen LogP contribution in [-0.2, 0) is 4.74 Å². The predicted octanol–water partition coefficient (Wildman–Crippen LogP) is 2.69. The maximum Gasteiger partial charge on any atom is 0.169 e. The first-order valence-corrected chi connectivity index (χ1v) is 7.88. The third-order valence-corrected chi connectivity index (χ3v) is 4.49. The first-order chi connectivity index (χ1) is 8.81. The van der Waals surface area contributed by atoms with Gasteiger partial charge < -0.3 is 15.0 Å². The molecule has 2 rings (SSSR count). The van der Waals surface area contributed by atoms with E-state index in [4.69, 9.17) is 17.0 Å². The van der Waals surface area contributed by atoms with Crippen molar-refractivity contribution in [2.45, 2.75) is 64.0 Å². The molecule has 104 valence electrons. The second-order valence-corrected chi connectivity index (χ2v) is 5.81. The lowest BCUT2D eigenvalue weighted by atomic mass is 10.1. The van der Waals surface area contributed by atoms with Crippen LogP contribution in [0.2, 0.25) is 0 Å². The van der Waals surface area contributed by atoms with E-state index in [0.29, 0.717) is 12.1 Å². The molecule has 1 N–H and O–H groups in total. The van der Waals surface area contributed by atoms with Crippen LogP contribution in [-0.4, -0.2) is 41.9 Å². The van der Waals surface area contributed by atoms with E-state index in [9.17, 15) is 0 Å². The Morgan fingerprint density at radius 2 is 2.17 bits per heavy atom. The molecule has 0 aromatic carbocycles. The average molecular weight is 270 g/mol. The summed E-state index contributed by atoms with van der Waals surface area (Å²) in [5, 5.41) is 4.36. The van der Waals surface area contributed by atoms with Gasteiger partial charge in [0, 0.05) is 25.7 Å². The molecule has 0 spiro atoms. The third-order valence-electron chi connectivity index (χ3n) is 4.11. The number of rotatable bonds is 3. The Balaban J connectivity index is 1.80. The molecule has 2 aliphatic heterocycles. The van der Waals surface area contributed by atoms with Gasteiger partial charge in [-0.3, -0.25) is 0 Å². The van der Waals surface area contributed by atoms with E-state index in [1.807, 2.05) is 0 Å². The fourth-order valence-electron chi connectivity index (χ4n) is 2.98. The summed E-state index contributed by atoms with van der Waals surface area (Å²) >= 11 is 5.57. The van der Waals surface area contributed by atoms with Gasteiger partial charge in [-0.15, -0.1) is 0 Å². The van der Waals surface area contributed by atoms with Crippen molar-refractivity contribution in [1.29, 1.82) is 0 Å².